The number of likely N-dealkylation sites (tertiary alicyclic amines) is 1. The molecule has 0 amide bonds. The van der Waals surface area contributed by atoms with E-state index in [0.717, 1.165) is 44.1 Å². The number of hydrogen-bond donors (Lipinski definition) is 1. The van der Waals surface area contributed by atoms with E-state index in [1.165, 1.54) is 19.0 Å². The molecule has 0 radical (unpaired) electrons. The lowest BCUT2D eigenvalue weighted by Crippen LogP contribution is -2.40. The first-order valence-corrected chi connectivity index (χ1v) is 14.4. The number of nitrogens with zero attached hydrogens (tertiary/aromatic N) is 2. The number of rotatable bonds is 8. The molecule has 222 valence electrons. The molecule has 12 heteroatoms. The minimum Gasteiger partial charge on any atom is -0.382 e. The molecule has 0 aromatic heterocycles. The van der Waals surface area contributed by atoms with Crippen molar-refractivity contribution < 1.29 is 35.9 Å². The summed E-state index contributed by atoms with van der Waals surface area (Å²) in [6.07, 6.45) is -4.20. The summed E-state index contributed by atoms with van der Waals surface area (Å²) in [5.41, 5.74) is -4.16. The van der Waals surface area contributed by atoms with Crippen LogP contribution < -0.4 is 5.32 Å². The van der Waals surface area contributed by atoms with Crippen LogP contribution in [0.15, 0.2) is 58.5 Å². The van der Waals surface area contributed by atoms with Gasteiger partial charge in [0.15, 0.2) is 5.78 Å². The van der Waals surface area contributed by atoms with Gasteiger partial charge in [-0.05, 0) is 56.0 Å². The smallest absolute Gasteiger partial charge is 0.382 e. The lowest BCUT2D eigenvalue weighted by Gasteiger charge is -2.33. The maximum Gasteiger partial charge on any atom is 0.418 e. The third-order valence-corrected chi connectivity index (χ3v) is 8.56. The monoisotopic (exact) mass is 599 g/mol. The van der Waals surface area contributed by atoms with Crippen molar-refractivity contribution >= 4 is 23.2 Å². The number of anilines is 1. The third-order valence-electron chi connectivity index (χ3n) is 7.51. The number of nitrogens with one attached hydrogen (secondary N) is 1. The molecule has 5 rings (SSSR count). The Hall–Kier alpha value is -2.70. The molecule has 0 bridgehead atoms. The van der Waals surface area contributed by atoms with Gasteiger partial charge in [0, 0.05) is 71.6 Å². The Balaban J connectivity index is 1.39. The normalized spacial score (nSPS) is 19.6. The molecule has 1 N–H and O–H groups in total. The summed E-state index contributed by atoms with van der Waals surface area (Å²) in [7, 11) is 0. The molecule has 2 saturated heterocycles. The Morgan fingerprint density at radius 1 is 0.902 bits per heavy atom. The number of ether oxygens (including phenoxy) is 1. The molecule has 1 saturated carbocycles. The molecule has 2 aromatic rings. The van der Waals surface area contributed by atoms with Crippen molar-refractivity contribution in [2.75, 3.05) is 44.7 Å². The van der Waals surface area contributed by atoms with Gasteiger partial charge in [0.1, 0.15) is 0 Å². The molecule has 3 aliphatic rings. The van der Waals surface area contributed by atoms with Crippen LogP contribution in [0, 0.1) is 0 Å². The third kappa shape index (κ3) is 7.58. The lowest BCUT2D eigenvalue weighted by atomic mass is 9.96. The topological polar surface area (TPSA) is 44.8 Å². The highest BCUT2D eigenvalue weighted by molar-refractivity contribution is 7.99. The summed E-state index contributed by atoms with van der Waals surface area (Å²) in [6, 6.07) is 9.36. The fourth-order valence-corrected chi connectivity index (χ4v) is 6.34. The first kappa shape index (κ1) is 29.8. The lowest BCUT2D eigenvalue weighted by molar-refractivity contribution is -0.163. The SMILES string of the molecule is O=C(C=CN1CCOCC1)c1ccc(Sc2cccc(NC3CCN(C4CC4)CC3)c2)c(C(F)(F)F)c1C(F)(F)F. The second-order valence-corrected chi connectivity index (χ2v) is 11.6. The van der Waals surface area contributed by atoms with E-state index in [2.05, 4.69) is 10.2 Å². The highest BCUT2D eigenvalue weighted by atomic mass is 32.2. The van der Waals surface area contributed by atoms with Crippen LogP contribution in [0.3, 0.4) is 0 Å². The van der Waals surface area contributed by atoms with Crippen LogP contribution in [0.25, 0.3) is 0 Å². The van der Waals surface area contributed by atoms with E-state index >= 15 is 0 Å². The van der Waals surface area contributed by atoms with Crippen LogP contribution in [-0.4, -0.2) is 67.1 Å². The summed E-state index contributed by atoms with van der Waals surface area (Å²) in [6.45, 7) is 3.58. The zero-order chi connectivity index (χ0) is 29.2. The largest absolute Gasteiger partial charge is 0.418 e. The van der Waals surface area contributed by atoms with E-state index in [-0.39, 0.29) is 6.04 Å². The molecule has 2 aliphatic heterocycles. The summed E-state index contributed by atoms with van der Waals surface area (Å²) in [5, 5.41) is 3.43. The highest BCUT2D eigenvalue weighted by Crippen LogP contribution is 2.48. The number of piperidine rings is 1. The van der Waals surface area contributed by atoms with Crippen LogP contribution >= 0.6 is 11.8 Å². The molecule has 0 unspecified atom stereocenters. The zero-order valence-corrected chi connectivity index (χ0v) is 23.0. The number of benzene rings is 2. The van der Waals surface area contributed by atoms with Crippen molar-refractivity contribution in [3.8, 4) is 0 Å². The van der Waals surface area contributed by atoms with Crippen LogP contribution in [0.1, 0.15) is 47.2 Å². The van der Waals surface area contributed by atoms with Crippen molar-refractivity contribution in [2.45, 2.75) is 59.9 Å². The Labute approximate surface area is 238 Å². The molecule has 3 fully saturated rings. The summed E-state index contributed by atoms with van der Waals surface area (Å²) in [5.74, 6) is -1.15. The molecule has 41 heavy (non-hydrogen) atoms. The number of carbonyl (C=O) groups is 1. The van der Waals surface area contributed by atoms with E-state index in [0.29, 0.717) is 54.7 Å². The molecule has 0 spiro atoms. The second kappa shape index (κ2) is 12.3. The average molecular weight is 600 g/mol. The van der Waals surface area contributed by atoms with Gasteiger partial charge in [0.2, 0.25) is 0 Å². The maximum atomic E-state index is 14.3. The van der Waals surface area contributed by atoms with Gasteiger partial charge in [-0.2, -0.15) is 26.3 Å². The van der Waals surface area contributed by atoms with E-state index in [1.54, 1.807) is 29.2 Å². The molecular formula is C29H31F6N3O2S. The van der Waals surface area contributed by atoms with Gasteiger partial charge in [0.05, 0.1) is 24.3 Å². The van der Waals surface area contributed by atoms with Gasteiger partial charge in [-0.15, -0.1) is 0 Å². The predicted molar refractivity (Wildman–Crippen MR) is 144 cm³/mol. The summed E-state index contributed by atoms with van der Waals surface area (Å²) < 4.78 is 90.6. The second-order valence-electron chi connectivity index (χ2n) is 10.5. The number of morpholine rings is 1. The average Bonchev–Trinajstić information content (AvgIpc) is 3.77. The van der Waals surface area contributed by atoms with Crippen LogP contribution in [-0.2, 0) is 17.1 Å². The Kier molecular flexibility index (Phi) is 8.91. The fourth-order valence-electron chi connectivity index (χ4n) is 5.30. The number of carbonyl (C=O) groups excluding carboxylic acids is 1. The number of ketones is 1. The van der Waals surface area contributed by atoms with E-state index < -0.39 is 39.7 Å². The number of halogens is 6. The number of allylic oxidation sites excluding steroid dienone is 1. The van der Waals surface area contributed by atoms with Gasteiger partial charge >= 0.3 is 12.4 Å². The zero-order valence-electron chi connectivity index (χ0n) is 22.2. The number of alkyl halides is 6. The van der Waals surface area contributed by atoms with E-state index in [9.17, 15) is 31.1 Å². The van der Waals surface area contributed by atoms with Gasteiger partial charge in [0.25, 0.3) is 0 Å². The Morgan fingerprint density at radius 2 is 1.59 bits per heavy atom. The Morgan fingerprint density at radius 3 is 2.22 bits per heavy atom. The molecular weight excluding hydrogens is 568 g/mol. The van der Waals surface area contributed by atoms with Gasteiger partial charge in [-0.3, -0.25) is 4.79 Å². The first-order chi connectivity index (χ1) is 19.5. The first-order valence-electron chi connectivity index (χ1n) is 13.6. The Bertz CT molecular complexity index is 1260. The van der Waals surface area contributed by atoms with E-state index in [1.807, 2.05) is 0 Å². The molecule has 2 heterocycles. The molecule has 1 aliphatic carbocycles. The predicted octanol–water partition coefficient (Wildman–Crippen LogP) is 6.94. The van der Waals surface area contributed by atoms with Crippen molar-refractivity contribution in [1.82, 2.24) is 9.80 Å². The van der Waals surface area contributed by atoms with Crippen LogP contribution in [0.2, 0.25) is 0 Å². The molecule has 0 atom stereocenters. The standard InChI is InChI=1S/C29H31F6N3O2S/c30-28(31,32)26-23(24(39)10-11-37-14-16-40-17-15-37)6-7-25(27(26)29(33,34)35)41-22-3-1-2-20(18-22)36-19-8-12-38(13-9-19)21-4-5-21/h1-3,6-7,10-11,18-19,21,36H,4-5,8-9,12-17H2. The quantitative estimate of drug-likeness (QED) is 0.202. The van der Waals surface area contributed by atoms with Crippen LogP contribution in [0.5, 0.6) is 0 Å². The van der Waals surface area contributed by atoms with Crippen molar-refractivity contribution in [2.24, 2.45) is 0 Å². The minimum absolute atomic E-state index is 0.212. The van der Waals surface area contributed by atoms with E-state index in [4.69, 9.17) is 4.74 Å². The molecule has 5 nitrogen and oxygen atoms in total. The summed E-state index contributed by atoms with van der Waals surface area (Å²) >= 11 is 0.597. The maximum absolute atomic E-state index is 14.3. The fraction of sp³-hybridized carbons (Fsp3) is 0.483. The highest BCUT2D eigenvalue weighted by Gasteiger charge is 2.47. The minimum atomic E-state index is -5.40. The van der Waals surface area contributed by atoms with Gasteiger partial charge in [-0.1, -0.05) is 17.8 Å². The van der Waals surface area contributed by atoms with Crippen molar-refractivity contribution in [3.05, 3.63) is 65.4 Å². The van der Waals surface area contributed by atoms with Crippen LogP contribution in [0.4, 0.5) is 32.0 Å². The van der Waals surface area contributed by atoms with Crippen molar-refractivity contribution in [3.63, 3.8) is 0 Å². The van der Waals surface area contributed by atoms with Crippen molar-refractivity contribution in [1.29, 1.82) is 0 Å². The molecule has 2 aromatic carbocycles. The van der Waals surface area contributed by atoms with Gasteiger partial charge < -0.3 is 19.9 Å². The summed E-state index contributed by atoms with van der Waals surface area (Å²) in [4.78, 5) is 16.7. The van der Waals surface area contributed by atoms with Gasteiger partial charge in [-0.25, -0.2) is 0 Å². The number of hydrogen-bond acceptors (Lipinski definition) is 6.